The van der Waals surface area contributed by atoms with Crippen molar-refractivity contribution in [1.29, 1.82) is 0 Å². The van der Waals surface area contributed by atoms with Crippen molar-refractivity contribution < 1.29 is 53.1 Å². The van der Waals surface area contributed by atoms with Crippen LogP contribution < -0.4 is 17.5 Å². The number of anilines is 2. The van der Waals surface area contributed by atoms with E-state index in [0.29, 0.717) is 73.3 Å². The molecule has 0 amide bonds. The van der Waals surface area contributed by atoms with Crippen LogP contribution in [0.4, 0.5) is 28.9 Å². The average molecular weight is 903 g/mol. The van der Waals surface area contributed by atoms with Crippen molar-refractivity contribution in [2.75, 3.05) is 75.7 Å². The first kappa shape index (κ1) is 48.2. The molecule has 0 fully saturated rings. The molecule has 2 aliphatic carbocycles. The molecular weight excluding hydrogens is 840 g/mol. The van der Waals surface area contributed by atoms with Crippen LogP contribution in [0.1, 0.15) is 63.5 Å². The molecule has 4 aromatic carbocycles. The monoisotopic (exact) mass is 902 g/mol. The second-order valence-electron chi connectivity index (χ2n) is 15.9. The molecule has 2 aliphatic rings. The third-order valence-electron chi connectivity index (χ3n) is 11.6. The fourth-order valence-corrected chi connectivity index (χ4v) is 16.6. The molecule has 11 heteroatoms. The number of halogens is 4. The molecule has 0 bridgehead atoms. The standard InChI is InChI=1S/2C21H26F2NO2.2C5H5.Ti/c2*1-2-3-12-25-14-15-26-13-11-24(17-18-7-5-4-6-8-18)21-10-9-19(22)16-20(21)23;2*1-2-4-5-3-1;/h2*4-10H,2-3,11-15,17H2,1H3;2*1-3H,4H2;. The Balaban J connectivity index is 1.44. The molecule has 0 saturated carbocycles. The van der Waals surface area contributed by atoms with E-state index in [4.69, 9.17) is 18.9 Å². The molecule has 0 saturated heterocycles. The minimum absolute atomic E-state index is 0.143. The van der Waals surface area contributed by atoms with E-state index in [1.54, 1.807) is 0 Å². The summed E-state index contributed by atoms with van der Waals surface area (Å²) in [5, 5.41) is 0. The summed E-state index contributed by atoms with van der Waals surface area (Å²) in [5.74, 6) is -3.27. The van der Waals surface area contributed by atoms with E-state index in [2.05, 4.69) is 13.8 Å². The number of rotatable bonds is 28. The summed E-state index contributed by atoms with van der Waals surface area (Å²) in [4.78, 5) is 3.67. The molecule has 0 aromatic heterocycles. The van der Waals surface area contributed by atoms with Gasteiger partial charge < -0.3 is 0 Å². The number of benzene rings is 4. The van der Waals surface area contributed by atoms with E-state index in [0.717, 1.165) is 36.8 Å². The van der Waals surface area contributed by atoms with Crippen LogP contribution in [0.2, 0.25) is 0 Å². The van der Waals surface area contributed by atoms with Gasteiger partial charge in [0.2, 0.25) is 0 Å². The van der Waals surface area contributed by atoms with Gasteiger partial charge in [-0.25, -0.2) is 0 Å². The van der Waals surface area contributed by atoms with E-state index in [9.17, 15) is 0 Å². The normalized spacial score (nSPS) is 13.5. The van der Waals surface area contributed by atoms with Crippen LogP contribution in [-0.2, 0) is 48.6 Å². The fourth-order valence-electron chi connectivity index (χ4n) is 8.35. The first-order chi connectivity index (χ1) is 30.9. The molecule has 0 atom stereocenters. The van der Waals surface area contributed by atoms with Crippen molar-refractivity contribution in [3.05, 3.63) is 164 Å². The Bertz CT molecular complexity index is 2010. The molecule has 336 valence electrons. The topological polar surface area (TPSA) is 43.4 Å². The van der Waals surface area contributed by atoms with Gasteiger partial charge in [0.25, 0.3) is 0 Å². The number of unbranched alkanes of at least 4 members (excludes halogenated alkanes) is 2. The molecule has 6 nitrogen and oxygen atoms in total. The van der Waals surface area contributed by atoms with Crippen molar-refractivity contribution in [2.45, 2.75) is 65.5 Å². The Kier molecular flexibility index (Phi) is 19.3. The molecule has 0 spiro atoms. The molecule has 0 aliphatic heterocycles. The fraction of sp³-hybridized carbons (Fsp3) is 0.385. The first-order valence-corrected chi connectivity index (χ1v) is 25.6. The van der Waals surface area contributed by atoms with Gasteiger partial charge in [0.15, 0.2) is 0 Å². The van der Waals surface area contributed by atoms with Gasteiger partial charge in [-0.15, -0.1) is 0 Å². The molecule has 0 N–H and O–H groups in total. The van der Waals surface area contributed by atoms with Crippen molar-refractivity contribution in [1.82, 2.24) is 0 Å². The SMILES string of the molecule is CCCCOCCOCCN(Cc1ccccc1)c1ccc(F)[c]([Ti]([C]2=CC=CC2)([C]2=CC=CC2)[c]2c(F)ccc(N(CCOCCOCCCC)Cc3ccccc3)c2F)c1F. The molecule has 0 heterocycles. The maximum atomic E-state index is 18.2. The Hall–Kier alpha value is -4.29. The van der Waals surface area contributed by atoms with Crippen LogP contribution in [0.25, 0.3) is 0 Å². The van der Waals surface area contributed by atoms with E-state index in [1.807, 2.05) is 107 Å². The summed E-state index contributed by atoms with van der Waals surface area (Å²) < 4.78 is 94.9. The molecule has 4 aromatic rings. The van der Waals surface area contributed by atoms with Crippen LogP contribution in [-0.4, -0.2) is 65.9 Å². The minimum atomic E-state index is -5.20. The second-order valence-corrected chi connectivity index (χ2v) is 21.8. The van der Waals surface area contributed by atoms with Crippen molar-refractivity contribution in [3.63, 3.8) is 0 Å². The van der Waals surface area contributed by atoms with Gasteiger partial charge in [0, 0.05) is 0 Å². The summed E-state index contributed by atoms with van der Waals surface area (Å²) >= 11 is -5.20. The number of ether oxygens (including phenoxy) is 4. The molecule has 0 unspecified atom stereocenters. The van der Waals surface area contributed by atoms with E-state index >= 15 is 17.6 Å². The van der Waals surface area contributed by atoms with Crippen molar-refractivity contribution >= 4 is 19.1 Å². The molecule has 0 radical (unpaired) electrons. The zero-order chi connectivity index (χ0) is 44.3. The van der Waals surface area contributed by atoms with Crippen molar-refractivity contribution in [3.8, 4) is 0 Å². The molecule has 6 rings (SSSR count). The Morgan fingerprint density at radius 3 is 1.25 bits per heavy atom. The predicted molar refractivity (Wildman–Crippen MR) is 244 cm³/mol. The summed E-state index contributed by atoms with van der Waals surface area (Å²) in [6.45, 7) is 8.82. The Labute approximate surface area is 375 Å². The van der Waals surface area contributed by atoms with Crippen LogP contribution >= 0.6 is 0 Å². The predicted octanol–water partition coefficient (Wildman–Crippen LogP) is 10.7. The van der Waals surface area contributed by atoms with Gasteiger partial charge in [-0.3, -0.25) is 0 Å². The summed E-state index contributed by atoms with van der Waals surface area (Å²) in [6, 6.07) is 24.7. The maximum absolute atomic E-state index is 18.2. The zero-order valence-electron chi connectivity index (χ0n) is 36.8. The van der Waals surface area contributed by atoms with Gasteiger partial charge in [-0.1, -0.05) is 26.7 Å². The summed E-state index contributed by atoms with van der Waals surface area (Å²) in [5.41, 5.74) is 2.12. The number of nitrogens with zero attached hydrogens (tertiary/aromatic N) is 2. The van der Waals surface area contributed by atoms with Crippen LogP contribution in [0.15, 0.2) is 129 Å². The average Bonchev–Trinajstić information content (AvgIpc) is 4.05. The van der Waals surface area contributed by atoms with Crippen LogP contribution in [0.5, 0.6) is 0 Å². The number of hydrogen-bond acceptors (Lipinski definition) is 6. The second kappa shape index (κ2) is 25.3. The summed E-state index contributed by atoms with van der Waals surface area (Å²) in [6.07, 6.45) is 15.7. The van der Waals surface area contributed by atoms with Gasteiger partial charge in [0.1, 0.15) is 0 Å². The number of hydrogen-bond donors (Lipinski definition) is 0. The quantitative estimate of drug-likeness (QED) is 0.0321. The zero-order valence-corrected chi connectivity index (χ0v) is 38.4. The first-order valence-electron chi connectivity index (χ1n) is 22.5. The van der Waals surface area contributed by atoms with Crippen LogP contribution in [0.3, 0.4) is 0 Å². The molecular formula is C52H62F4N2O4Ti. The van der Waals surface area contributed by atoms with Crippen LogP contribution in [0, 0.1) is 23.3 Å². The van der Waals surface area contributed by atoms with Gasteiger partial charge >= 0.3 is 350 Å². The third-order valence-corrected chi connectivity index (χ3v) is 19.5. The van der Waals surface area contributed by atoms with E-state index in [1.165, 1.54) is 24.3 Å². The van der Waals surface area contributed by atoms with E-state index in [-0.39, 0.29) is 45.4 Å². The molecule has 63 heavy (non-hydrogen) atoms. The summed E-state index contributed by atoms with van der Waals surface area (Å²) in [7, 11) is 0. The van der Waals surface area contributed by atoms with E-state index < -0.39 is 39.9 Å². The Morgan fingerprint density at radius 1 is 0.492 bits per heavy atom. The number of allylic oxidation sites excluding steroid dienone is 8. The third kappa shape index (κ3) is 12.5. The van der Waals surface area contributed by atoms with Gasteiger partial charge in [0.05, 0.1) is 0 Å². The Morgan fingerprint density at radius 2 is 0.889 bits per heavy atom. The van der Waals surface area contributed by atoms with Gasteiger partial charge in [-0.05, 0) is 0 Å². The van der Waals surface area contributed by atoms with Crippen molar-refractivity contribution in [2.24, 2.45) is 0 Å². The van der Waals surface area contributed by atoms with Gasteiger partial charge in [-0.2, -0.15) is 0 Å².